The second-order valence-corrected chi connectivity index (χ2v) is 5.52. The Morgan fingerprint density at radius 2 is 1.76 bits per heavy atom. The number of pyridine rings is 1. The molecule has 0 saturated carbocycles. The number of hydrogen-bond acceptors (Lipinski definition) is 3. The SMILES string of the molecule is CC(N=Nc1n(C)c2ccccc2[n+]1C)=NN=c1ccccn1C.[Cl-]. The molecule has 0 unspecified atom stereocenters. The van der Waals surface area contributed by atoms with Gasteiger partial charge in [-0.3, -0.25) is 0 Å². The Balaban J connectivity index is 0.00000225. The molecule has 0 aliphatic heterocycles. The monoisotopic (exact) mass is 357 g/mol. The van der Waals surface area contributed by atoms with Gasteiger partial charge in [-0.05, 0) is 24.3 Å². The van der Waals surface area contributed by atoms with Crippen LogP contribution in [0.1, 0.15) is 6.92 Å². The number of aryl methyl sites for hydroxylation is 3. The summed E-state index contributed by atoms with van der Waals surface area (Å²) in [5.74, 6) is 1.24. The zero-order chi connectivity index (χ0) is 17.1. The smallest absolute Gasteiger partial charge is 0.422 e. The molecule has 0 bridgehead atoms. The Kier molecular flexibility index (Phi) is 5.82. The second-order valence-electron chi connectivity index (χ2n) is 5.52. The number of hydrogen-bond donors (Lipinski definition) is 0. The van der Waals surface area contributed by atoms with Crippen molar-refractivity contribution in [2.45, 2.75) is 6.92 Å². The molecule has 2 aromatic heterocycles. The average molecular weight is 358 g/mol. The molecule has 2 heterocycles. The fourth-order valence-corrected chi connectivity index (χ4v) is 2.48. The molecule has 1 aromatic carbocycles. The number of azo groups is 1. The number of benzene rings is 1. The van der Waals surface area contributed by atoms with Crippen molar-refractivity contribution in [3.8, 4) is 0 Å². The highest BCUT2D eigenvalue weighted by atomic mass is 35.5. The lowest BCUT2D eigenvalue weighted by Crippen LogP contribution is -3.00. The highest BCUT2D eigenvalue weighted by Gasteiger charge is 2.18. The largest absolute Gasteiger partial charge is 1.00 e. The van der Waals surface area contributed by atoms with Gasteiger partial charge in [0.2, 0.25) is 0 Å². The molecule has 0 atom stereocenters. The Labute approximate surface area is 152 Å². The highest BCUT2D eigenvalue weighted by molar-refractivity contribution is 5.80. The molecule has 3 aromatic rings. The number of rotatable bonds is 2. The van der Waals surface area contributed by atoms with Crippen LogP contribution in [0.15, 0.2) is 69.1 Å². The van der Waals surface area contributed by atoms with E-state index in [1.54, 1.807) is 6.92 Å². The van der Waals surface area contributed by atoms with Gasteiger partial charge in [-0.1, -0.05) is 23.3 Å². The summed E-state index contributed by atoms with van der Waals surface area (Å²) in [6, 6.07) is 13.9. The number of nitrogens with zero attached hydrogens (tertiary/aromatic N) is 7. The lowest BCUT2D eigenvalue weighted by Gasteiger charge is -1.95. The summed E-state index contributed by atoms with van der Waals surface area (Å²) in [6.07, 6.45) is 1.92. The van der Waals surface area contributed by atoms with Crippen molar-refractivity contribution in [2.24, 2.45) is 41.6 Å². The quantitative estimate of drug-likeness (QED) is 0.193. The first-order valence-corrected chi connectivity index (χ1v) is 7.63. The van der Waals surface area contributed by atoms with Crippen LogP contribution in [0.5, 0.6) is 0 Å². The van der Waals surface area contributed by atoms with Gasteiger partial charge in [-0.15, -0.1) is 10.2 Å². The van der Waals surface area contributed by atoms with Crippen molar-refractivity contribution >= 4 is 22.8 Å². The predicted octanol–water partition coefficient (Wildman–Crippen LogP) is -0.637. The summed E-state index contributed by atoms with van der Waals surface area (Å²) in [5.41, 5.74) is 2.95. The standard InChI is InChI=1S/C17H20N7.ClH/c1-13(18-20-16-11-7-8-12-22(16)2)19-21-17-23(3)14-9-5-6-10-15(14)24(17)4;/h5-12H,1-4H3;1H/q+1;/p-1. The molecule has 0 aliphatic carbocycles. The Morgan fingerprint density at radius 3 is 2.48 bits per heavy atom. The maximum atomic E-state index is 4.33. The summed E-state index contributed by atoms with van der Waals surface area (Å²) < 4.78 is 5.89. The Bertz CT molecular complexity index is 972. The number of imidazole rings is 1. The van der Waals surface area contributed by atoms with E-state index < -0.39 is 0 Å². The normalized spacial score (nSPS) is 12.8. The van der Waals surface area contributed by atoms with Gasteiger partial charge < -0.3 is 17.0 Å². The lowest BCUT2D eigenvalue weighted by molar-refractivity contribution is -0.632. The van der Waals surface area contributed by atoms with Gasteiger partial charge in [0.15, 0.2) is 11.3 Å². The fraction of sp³-hybridized carbons (Fsp3) is 0.235. The van der Waals surface area contributed by atoms with Crippen LogP contribution in [-0.4, -0.2) is 15.0 Å². The lowest BCUT2D eigenvalue weighted by atomic mass is 10.3. The number of fused-ring (bicyclic) bond motifs is 1. The summed E-state index contributed by atoms with van der Waals surface area (Å²) in [7, 11) is 5.86. The predicted molar refractivity (Wildman–Crippen MR) is 92.7 cm³/mol. The number of aromatic nitrogens is 3. The van der Waals surface area contributed by atoms with Gasteiger partial charge >= 0.3 is 5.95 Å². The van der Waals surface area contributed by atoms with E-state index in [0.29, 0.717) is 5.84 Å². The molecule has 130 valence electrons. The zero-order valence-corrected chi connectivity index (χ0v) is 15.4. The van der Waals surface area contributed by atoms with Crippen LogP contribution in [-0.2, 0) is 21.1 Å². The van der Waals surface area contributed by atoms with E-state index >= 15 is 0 Å². The van der Waals surface area contributed by atoms with Crippen LogP contribution in [0.25, 0.3) is 11.0 Å². The minimum atomic E-state index is 0. The van der Waals surface area contributed by atoms with Crippen LogP contribution >= 0.6 is 0 Å². The van der Waals surface area contributed by atoms with Crippen LogP contribution < -0.4 is 22.5 Å². The molecular formula is C17H20ClN7. The van der Waals surface area contributed by atoms with Gasteiger partial charge in [0.05, 0.1) is 14.1 Å². The van der Waals surface area contributed by atoms with E-state index in [2.05, 4.69) is 32.6 Å². The third kappa shape index (κ3) is 3.83. The maximum absolute atomic E-state index is 4.33. The summed E-state index contributed by atoms with van der Waals surface area (Å²) in [6.45, 7) is 1.78. The number of amidine groups is 1. The molecule has 0 N–H and O–H groups in total. The van der Waals surface area contributed by atoms with Gasteiger partial charge in [-0.2, -0.15) is 0 Å². The molecular weight excluding hydrogens is 338 g/mol. The minimum Gasteiger partial charge on any atom is -1.00 e. The molecule has 3 rings (SSSR count). The summed E-state index contributed by atoms with van der Waals surface area (Å²) in [4.78, 5) is 0. The third-order valence-corrected chi connectivity index (χ3v) is 3.81. The van der Waals surface area contributed by atoms with Crippen LogP contribution in [0.2, 0.25) is 0 Å². The zero-order valence-electron chi connectivity index (χ0n) is 14.6. The molecule has 25 heavy (non-hydrogen) atoms. The molecule has 7 nitrogen and oxygen atoms in total. The van der Waals surface area contributed by atoms with E-state index in [4.69, 9.17) is 0 Å². The van der Waals surface area contributed by atoms with Crippen LogP contribution in [0.4, 0.5) is 5.95 Å². The molecule has 8 heteroatoms. The summed E-state index contributed by atoms with van der Waals surface area (Å²) in [5, 5.41) is 16.8. The molecule has 0 spiro atoms. The first-order valence-electron chi connectivity index (χ1n) is 7.63. The first-order chi connectivity index (χ1) is 11.6. The van der Waals surface area contributed by atoms with E-state index in [1.807, 2.05) is 71.4 Å². The Morgan fingerprint density at radius 1 is 1.04 bits per heavy atom. The van der Waals surface area contributed by atoms with E-state index in [1.165, 1.54) is 0 Å². The topological polar surface area (TPSA) is 63.2 Å². The summed E-state index contributed by atoms with van der Waals surface area (Å²) >= 11 is 0. The van der Waals surface area contributed by atoms with Crippen LogP contribution in [0.3, 0.4) is 0 Å². The maximum Gasteiger partial charge on any atom is 0.422 e. The van der Waals surface area contributed by atoms with E-state index in [-0.39, 0.29) is 12.4 Å². The fourth-order valence-electron chi connectivity index (χ4n) is 2.48. The van der Waals surface area contributed by atoms with E-state index in [0.717, 1.165) is 22.5 Å². The van der Waals surface area contributed by atoms with Crippen molar-refractivity contribution in [1.82, 2.24) is 9.13 Å². The third-order valence-electron chi connectivity index (χ3n) is 3.81. The molecule has 0 radical (unpaired) electrons. The molecule has 0 aliphatic rings. The van der Waals surface area contributed by atoms with Crippen molar-refractivity contribution in [3.63, 3.8) is 0 Å². The number of para-hydroxylation sites is 2. The average Bonchev–Trinajstić information content (AvgIpc) is 2.84. The molecule has 0 saturated heterocycles. The van der Waals surface area contributed by atoms with Gasteiger partial charge in [-0.25, -0.2) is 9.13 Å². The Hall–Kier alpha value is -2.80. The van der Waals surface area contributed by atoms with Crippen molar-refractivity contribution in [1.29, 1.82) is 0 Å². The minimum absolute atomic E-state index is 0. The molecule has 0 amide bonds. The van der Waals surface area contributed by atoms with Gasteiger partial charge in [0.25, 0.3) is 0 Å². The van der Waals surface area contributed by atoms with Crippen molar-refractivity contribution in [2.75, 3.05) is 0 Å². The van der Waals surface area contributed by atoms with Gasteiger partial charge in [0.1, 0.15) is 11.0 Å². The van der Waals surface area contributed by atoms with E-state index in [9.17, 15) is 0 Å². The first kappa shape index (κ1) is 18.5. The molecule has 0 fully saturated rings. The van der Waals surface area contributed by atoms with Gasteiger partial charge in [0, 0.05) is 25.3 Å². The number of halogens is 1. The van der Waals surface area contributed by atoms with Crippen molar-refractivity contribution in [3.05, 3.63) is 54.1 Å². The van der Waals surface area contributed by atoms with Crippen molar-refractivity contribution < 1.29 is 17.0 Å². The highest BCUT2D eigenvalue weighted by Crippen LogP contribution is 2.17. The van der Waals surface area contributed by atoms with Crippen LogP contribution in [0, 0.1) is 0 Å². The second kappa shape index (κ2) is 7.85.